The van der Waals surface area contributed by atoms with E-state index >= 15 is 0 Å². The zero-order valence-electron chi connectivity index (χ0n) is 12.4. The topological polar surface area (TPSA) is 29.9 Å². The third-order valence-corrected chi connectivity index (χ3v) is 3.64. The van der Waals surface area contributed by atoms with Crippen molar-refractivity contribution in [3.8, 4) is 16.9 Å². The summed E-state index contributed by atoms with van der Waals surface area (Å²) in [6, 6.07) is 20.6. The first-order chi connectivity index (χ1) is 10.3. The van der Waals surface area contributed by atoms with Crippen LogP contribution in [0, 0.1) is 6.92 Å². The highest BCUT2D eigenvalue weighted by Gasteiger charge is 2.16. The van der Waals surface area contributed by atoms with Gasteiger partial charge < -0.3 is 5.32 Å². The summed E-state index contributed by atoms with van der Waals surface area (Å²) in [6.07, 6.45) is 0. The van der Waals surface area contributed by atoms with Crippen molar-refractivity contribution in [3.63, 3.8) is 0 Å². The maximum atomic E-state index is 4.85. The van der Waals surface area contributed by atoms with E-state index in [-0.39, 0.29) is 0 Å². The molecule has 0 unspecified atom stereocenters. The minimum absolute atomic E-state index is 0.808. The number of hydrogen-bond donors (Lipinski definition) is 1. The number of para-hydroxylation sites is 1. The molecule has 1 heterocycles. The fourth-order valence-corrected chi connectivity index (χ4v) is 2.57. The summed E-state index contributed by atoms with van der Waals surface area (Å²) in [4.78, 5) is 0. The van der Waals surface area contributed by atoms with Crippen LogP contribution in [0.3, 0.4) is 0 Å². The van der Waals surface area contributed by atoms with Gasteiger partial charge in [-0.25, -0.2) is 4.68 Å². The minimum Gasteiger partial charge on any atom is -0.316 e. The quantitative estimate of drug-likeness (QED) is 0.790. The van der Waals surface area contributed by atoms with E-state index in [0.717, 1.165) is 23.5 Å². The van der Waals surface area contributed by atoms with Crippen molar-refractivity contribution >= 4 is 0 Å². The lowest BCUT2D eigenvalue weighted by Gasteiger charge is -2.04. The largest absolute Gasteiger partial charge is 0.316 e. The molecular weight excluding hydrogens is 258 g/mol. The van der Waals surface area contributed by atoms with Crippen LogP contribution in [0.25, 0.3) is 16.9 Å². The monoisotopic (exact) mass is 277 g/mol. The van der Waals surface area contributed by atoms with Gasteiger partial charge in [-0.2, -0.15) is 5.10 Å². The van der Waals surface area contributed by atoms with Crippen LogP contribution in [-0.2, 0) is 6.54 Å². The van der Waals surface area contributed by atoms with Gasteiger partial charge in [-0.15, -0.1) is 0 Å². The van der Waals surface area contributed by atoms with Crippen molar-refractivity contribution in [1.82, 2.24) is 15.1 Å². The summed E-state index contributed by atoms with van der Waals surface area (Å²) in [6.45, 7) is 2.93. The van der Waals surface area contributed by atoms with Crippen molar-refractivity contribution in [2.75, 3.05) is 7.05 Å². The van der Waals surface area contributed by atoms with Gasteiger partial charge in [0.25, 0.3) is 0 Å². The molecule has 3 rings (SSSR count). The standard InChI is InChI=1S/C18H19N3/c1-14-17(13-19-2)18(15-9-5-3-6-10-15)20-21(14)16-11-7-4-8-12-16/h3-12,19H,13H2,1-2H3. The van der Waals surface area contributed by atoms with Crippen LogP contribution < -0.4 is 5.32 Å². The molecule has 0 amide bonds. The van der Waals surface area contributed by atoms with Gasteiger partial charge in [0, 0.05) is 23.4 Å². The van der Waals surface area contributed by atoms with E-state index in [4.69, 9.17) is 5.10 Å². The van der Waals surface area contributed by atoms with E-state index in [0.29, 0.717) is 0 Å². The highest BCUT2D eigenvalue weighted by atomic mass is 15.3. The first-order valence-electron chi connectivity index (χ1n) is 7.15. The molecule has 21 heavy (non-hydrogen) atoms. The molecule has 0 radical (unpaired) electrons. The molecule has 0 aliphatic heterocycles. The smallest absolute Gasteiger partial charge is 0.0975 e. The Morgan fingerprint density at radius 3 is 2.19 bits per heavy atom. The van der Waals surface area contributed by atoms with E-state index in [1.54, 1.807) is 0 Å². The van der Waals surface area contributed by atoms with Crippen LogP contribution in [0.2, 0.25) is 0 Å². The van der Waals surface area contributed by atoms with Gasteiger partial charge in [0.2, 0.25) is 0 Å². The molecule has 1 N–H and O–H groups in total. The zero-order chi connectivity index (χ0) is 14.7. The molecule has 106 valence electrons. The Balaban J connectivity index is 2.16. The second-order valence-corrected chi connectivity index (χ2v) is 5.06. The number of benzene rings is 2. The van der Waals surface area contributed by atoms with Gasteiger partial charge in [0.1, 0.15) is 0 Å². The Morgan fingerprint density at radius 2 is 1.57 bits per heavy atom. The third kappa shape index (κ3) is 2.60. The molecule has 0 aliphatic rings. The molecule has 0 bridgehead atoms. The van der Waals surface area contributed by atoms with Gasteiger partial charge in [-0.3, -0.25) is 0 Å². The van der Waals surface area contributed by atoms with E-state index in [9.17, 15) is 0 Å². The zero-order valence-corrected chi connectivity index (χ0v) is 12.4. The SMILES string of the molecule is CNCc1c(-c2ccccc2)nn(-c2ccccc2)c1C. The van der Waals surface area contributed by atoms with E-state index in [1.807, 2.05) is 36.0 Å². The number of nitrogens with zero attached hydrogens (tertiary/aromatic N) is 2. The van der Waals surface area contributed by atoms with Gasteiger partial charge in [0.15, 0.2) is 0 Å². The maximum Gasteiger partial charge on any atom is 0.0975 e. The summed E-state index contributed by atoms with van der Waals surface area (Å²) >= 11 is 0. The maximum absolute atomic E-state index is 4.85. The van der Waals surface area contributed by atoms with Crippen LogP contribution >= 0.6 is 0 Å². The highest BCUT2D eigenvalue weighted by Crippen LogP contribution is 2.26. The molecule has 1 aromatic heterocycles. The molecule has 3 nitrogen and oxygen atoms in total. The Bertz CT molecular complexity index is 715. The predicted octanol–water partition coefficient (Wildman–Crippen LogP) is 3.57. The Hall–Kier alpha value is -2.39. The molecule has 0 spiro atoms. The van der Waals surface area contributed by atoms with Crippen molar-refractivity contribution < 1.29 is 0 Å². The molecular formula is C18H19N3. The molecule has 3 aromatic rings. The number of nitrogens with one attached hydrogen (secondary N) is 1. The number of hydrogen-bond acceptors (Lipinski definition) is 2. The van der Waals surface area contributed by atoms with E-state index in [1.165, 1.54) is 11.3 Å². The summed E-state index contributed by atoms with van der Waals surface area (Å²) in [7, 11) is 1.97. The highest BCUT2D eigenvalue weighted by molar-refractivity contribution is 5.64. The summed E-state index contributed by atoms with van der Waals surface area (Å²) in [5, 5.41) is 8.09. The second kappa shape index (κ2) is 5.94. The lowest BCUT2D eigenvalue weighted by Crippen LogP contribution is -2.07. The van der Waals surface area contributed by atoms with E-state index < -0.39 is 0 Å². The molecule has 0 saturated heterocycles. The van der Waals surface area contributed by atoms with Crippen LogP contribution in [-0.4, -0.2) is 16.8 Å². The first-order valence-corrected chi connectivity index (χ1v) is 7.15. The van der Waals surface area contributed by atoms with Crippen LogP contribution in [0.5, 0.6) is 0 Å². The summed E-state index contributed by atoms with van der Waals surface area (Å²) < 4.78 is 2.02. The van der Waals surface area contributed by atoms with Gasteiger partial charge in [-0.05, 0) is 26.1 Å². The third-order valence-electron chi connectivity index (χ3n) is 3.64. The molecule has 0 fully saturated rings. The number of rotatable bonds is 4. The predicted molar refractivity (Wildman–Crippen MR) is 86.5 cm³/mol. The molecule has 3 heteroatoms. The van der Waals surface area contributed by atoms with Crippen molar-refractivity contribution in [3.05, 3.63) is 71.9 Å². The lowest BCUT2D eigenvalue weighted by molar-refractivity contribution is 0.801. The molecule has 0 atom stereocenters. The van der Waals surface area contributed by atoms with Crippen LogP contribution in [0.1, 0.15) is 11.3 Å². The van der Waals surface area contributed by atoms with Crippen molar-refractivity contribution in [2.45, 2.75) is 13.5 Å². The normalized spacial score (nSPS) is 10.8. The molecule has 0 aliphatic carbocycles. The Kier molecular flexibility index (Phi) is 3.84. The average Bonchev–Trinajstić information content (AvgIpc) is 2.87. The van der Waals surface area contributed by atoms with Gasteiger partial charge in [-0.1, -0.05) is 48.5 Å². The second-order valence-electron chi connectivity index (χ2n) is 5.06. The van der Waals surface area contributed by atoms with Crippen LogP contribution in [0.15, 0.2) is 60.7 Å². The van der Waals surface area contributed by atoms with Gasteiger partial charge in [0.05, 0.1) is 11.4 Å². The molecule has 2 aromatic carbocycles. The Morgan fingerprint density at radius 1 is 0.952 bits per heavy atom. The fraction of sp³-hybridized carbons (Fsp3) is 0.167. The Labute approximate surface area is 125 Å². The van der Waals surface area contributed by atoms with Crippen molar-refractivity contribution in [1.29, 1.82) is 0 Å². The van der Waals surface area contributed by atoms with Crippen LogP contribution in [0.4, 0.5) is 0 Å². The summed E-state index contributed by atoms with van der Waals surface area (Å²) in [5.41, 5.74) is 5.71. The number of aromatic nitrogens is 2. The molecule has 0 saturated carbocycles. The minimum atomic E-state index is 0.808. The van der Waals surface area contributed by atoms with E-state index in [2.05, 4.69) is 48.6 Å². The first kappa shape index (κ1) is 13.6. The fourth-order valence-electron chi connectivity index (χ4n) is 2.57. The van der Waals surface area contributed by atoms with Crippen molar-refractivity contribution in [2.24, 2.45) is 0 Å². The van der Waals surface area contributed by atoms with Gasteiger partial charge >= 0.3 is 0 Å². The average molecular weight is 277 g/mol. The lowest BCUT2D eigenvalue weighted by atomic mass is 10.1. The summed E-state index contributed by atoms with van der Waals surface area (Å²) in [5.74, 6) is 0.